The van der Waals surface area contributed by atoms with Gasteiger partial charge in [-0.25, -0.2) is 0 Å². The Labute approximate surface area is 163 Å². The molecule has 0 bridgehead atoms. The molecule has 0 aliphatic heterocycles. The van der Waals surface area contributed by atoms with Gasteiger partial charge in [0.1, 0.15) is 5.75 Å². The van der Waals surface area contributed by atoms with Crippen molar-refractivity contribution in [1.82, 2.24) is 5.32 Å². The predicted octanol–water partition coefficient (Wildman–Crippen LogP) is 7.44. The topological polar surface area (TPSA) is 21.3 Å². The molecule has 1 N–H and O–H groups in total. The Morgan fingerprint density at radius 3 is 2.04 bits per heavy atom. The van der Waals surface area contributed by atoms with Crippen LogP contribution in [0.5, 0.6) is 5.75 Å². The Morgan fingerprint density at radius 1 is 0.769 bits per heavy atom. The molecule has 0 heterocycles. The van der Waals surface area contributed by atoms with E-state index >= 15 is 0 Å². The second-order valence-electron chi connectivity index (χ2n) is 7.60. The Bertz CT molecular complexity index is 432. The van der Waals surface area contributed by atoms with Gasteiger partial charge in [0.15, 0.2) is 0 Å². The zero-order valence-corrected chi connectivity index (χ0v) is 17.7. The Hall–Kier alpha value is -1.02. The van der Waals surface area contributed by atoms with Crippen LogP contribution < -0.4 is 10.1 Å². The van der Waals surface area contributed by atoms with E-state index in [0.29, 0.717) is 6.04 Å². The van der Waals surface area contributed by atoms with E-state index in [4.69, 9.17) is 4.74 Å². The number of hydrogen-bond acceptors (Lipinski definition) is 2. The fourth-order valence-corrected chi connectivity index (χ4v) is 3.37. The smallest absolute Gasteiger partial charge is 0.124 e. The second-order valence-corrected chi connectivity index (χ2v) is 7.60. The second kappa shape index (κ2) is 16.2. The van der Waals surface area contributed by atoms with Crippen molar-refractivity contribution in [3.8, 4) is 5.75 Å². The predicted molar refractivity (Wildman–Crippen MR) is 115 cm³/mol. The Balaban J connectivity index is 2.24. The van der Waals surface area contributed by atoms with Crippen molar-refractivity contribution in [2.45, 2.75) is 104 Å². The van der Waals surface area contributed by atoms with Crippen LogP contribution in [0.3, 0.4) is 0 Å². The SMILES string of the molecule is CCCCCCCCNC(C)c1ccccc1OCCCCCCCC. The fraction of sp³-hybridized carbons (Fsp3) is 0.750. The summed E-state index contributed by atoms with van der Waals surface area (Å²) < 4.78 is 6.10. The van der Waals surface area contributed by atoms with E-state index < -0.39 is 0 Å². The molecule has 26 heavy (non-hydrogen) atoms. The average molecular weight is 362 g/mol. The number of hydrogen-bond donors (Lipinski definition) is 1. The van der Waals surface area contributed by atoms with Gasteiger partial charge in [-0.2, -0.15) is 0 Å². The summed E-state index contributed by atoms with van der Waals surface area (Å²) in [4.78, 5) is 0. The van der Waals surface area contributed by atoms with Crippen LogP contribution in [0.2, 0.25) is 0 Å². The van der Waals surface area contributed by atoms with Crippen molar-refractivity contribution in [2.75, 3.05) is 13.2 Å². The van der Waals surface area contributed by atoms with Crippen molar-refractivity contribution in [1.29, 1.82) is 0 Å². The molecular weight excluding hydrogens is 318 g/mol. The van der Waals surface area contributed by atoms with Crippen LogP contribution in [-0.4, -0.2) is 13.2 Å². The molecule has 2 heteroatoms. The minimum Gasteiger partial charge on any atom is -0.493 e. The molecule has 0 saturated heterocycles. The minimum absolute atomic E-state index is 0.353. The van der Waals surface area contributed by atoms with E-state index in [9.17, 15) is 0 Å². The van der Waals surface area contributed by atoms with E-state index in [1.165, 1.54) is 76.2 Å². The van der Waals surface area contributed by atoms with Gasteiger partial charge in [0.2, 0.25) is 0 Å². The molecule has 1 unspecified atom stereocenters. The highest BCUT2D eigenvalue weighted by atomic mass is 16.5. The lowest BCUT2D eigenvalue weighted by atomic mass is 10.1. The summed E-state index contributed by atoms with van der Waals surface area (Å²) in [6.07, 6.45) is 15.9. The number of rotatable bonds is 17. The summed E-state index contributed by atoms with van der Waals surface area (Å²) in [5.41, 5.74) is 1.30. The molecule has 1 atom stereocenters. The molecule has 0 aromatic heterocycles. The summed E-state index contributed by atoms with van der Waals surface area (Å²) in [5, 5.41) is 3.67. The van der Waals surface area contributed by atoms with Crippen LogP contribution >= 0.6 is 0 Å². The molecule has 0 radical (unpaired) electrons. The van der Waals surface area contributed by atoms with E-state index in [-0.39, 0.29) is 0 Å². The van der Waals surface area contributed by atoms with Crippen LogP contribution in [0.15, 0.2) is 24.3 Å². The normalized spacial score (nSPS) is 12.3. The lowest BCUT2D eigenvalue weighted by Gasteiger charge is -2.18. The van der Waals surface area contributed by atoms with Crippen molar-refractivity contribution in [3.05, 3.63) is 29.8 Å². The highest BCUT2D eigenvalue weighted by Gasteiger charge is 2.10. The molecule has 150 valence electrons. The molecule has 0 fully saturated rings. The number of ether oxygens (including phenoxy) is 1. The van der Waals surface area contributed by atoms with Crippen LogP contribution in [0.1, 0.15) is 109 Å². The number of nitrogens with one attached hydrogen (secondary N) is 1. The van der Waals surface area contributed by atoms with E-state index in [2.05, 4.69) is 50.4 Å². The highest BCUT2D eigenvalue weighted by Crippen LogP contribution is 2.25. The standard InChI is InChI=1S/C24H43NO/c1-4-6-8-10-12-16-20-25-22(3)23-18-14-15-19-24(23)26-21-17-13-11-9-7-5-2/h14-15,18-19,22,25H,4-13,16-17,20-21H2,1-3H3. The Kier molecular flexibility index (Phi) is 14.3. The first-order chi connectivity index (χ1) is 12.8. The molecular formula is C24H43NO. The Morgan fingerprint density at radius 2 is 1.35 bits per heavy atom. The van der Waals surface area contributed by atoms with Gasteiger partial charge in [-0.1, -0.05) is 96.3 Å². The zero-order chi connectivity index (χ0) is 18.9. The molecule has 0 aliphatic rings. The monoisotopic (exact) mass is 361 g/mol. The summed E-state index contributed by atoms with van der Waals surface area (Å²) in [5.74, 6) is 1.06. The van der Waals surface area contributed by atoms with Crippen molar-refractivity contribution in [2.24, 2.45) is 0 Å². The molecule has 0 aliphatic carbocycles. The largest absolute Gasteiger partial charge is 0.493 e. The molecule has 0 amide bonds. The van der Waals surface area contributed by atoms with Gasteiger partial charge >= 0.3 is 0 Å². The van der Waals surface area contributed by atoms with Gasteiger partial charge in [0.25, 0.3) is 0 Å². The van der Waals surface area contributed by atoms with Crippen LogP contribution in [0.4, 0.5) is 0 Å². The number of benzene rings is 1. The van der Waals surface area contributed by atoms with Gasteiger partial charge < -0.3 is 10.1 Å². The molecule has 0 spiro atoms. The molecule has 1 aromatic rings. The molecule has 1 rings (SSSR count). The first kappa shape index (κ1) is 23.0. The van der Waals surface area contributed by atoms with Crippen molar-refractivity contribution >= 4 is 0 Å². The van der Waals surface area contributed by atoms with Gasteiger partial charge in [-0.15, -0.1) is 0 Å². The lowest BCUT2D eigenvalue weighted by molar-refractivity contribution is 0.298. The summed E-state index contributed by atoms with van der Waals surface area (Å²) in [6.45, 7) is 8.73. The number of para-hydroxylation sites is 1. The third-order valence-electron chi connectivity index (χ3n) is 5.12. The minimum atomic E-state index is 0.353. The summed E-state index contributed by atoms with van der Waals surface area (Å²) in [6, 6.07) is 8.88. The fourth-order valence-electron chi connectivity index (χ4n) is 3.37. The molecule has 1 aromatic carbocycles. The maximum atomic E-state index is 6.10. The van der Waals surface area contributed by atoms with Gasteiger partial charge in [-0.05, 0) is 32.4 Å². The first-order valence-corrected chi connectivity index (χ1v) is 11.2. The van der Waals surface area contributed by atoms with E-state index in [0.717, 1.165) is 25.3 Å². The average Bonchev–Trinajstić information content (AvgIpc) is 2.66. The van der Waals surface area contributed by atoms with Gasteiger partial charge in [0.05, 0.1) is 6.61 Å². The maximum Gasteiger partial charge on any atom is 0.124 e. The highest BCUT2D eigenvalue weighted by molar-refractivity contribution is 5.35. The van der Waals surface area contributed by atoms with Crippen molar-refractivity contribution in [3.63, 3.8) is 0 Å². The van der Waals surface area contributed by atoms with Crippen molar-refractivity contribution < 1.29 is 4.74 Å². The quantitative estimate of drug-likeness (QED) is 0.291. The molecule has 2 nitrogen and oxygen atoms in total. The lowest BCUT2D eigenvalue weighted by Crippen LogP contribution is -2.20. The maximum absolute atomic E-state index is 6.10. The van der Waals surface area contributed by atoms with Crippen LogP contribution in [-0.2, 0) is 0 Å². The summed E-state index contributed by atoms with van der Waals surface area (Å²) in [7, 11) is 0. The first-order valence-electron chi connectivity index (χ1n) is 11.2. The van der Waals surface area contributed by atoms with Crippen LogP contribution in [0.25, 0.3) is 0 Å². The molecule has 0 saturated carbocycles. The third kappa shape index (κ3) is 10.9. The third-order valence-corrected chi connectivity index (χ3v) is 5.12. The zero-order valence-electron chi connectivity index (χ0n) is 17.7. The van der Waals surface area contributed by atoms with E-state index in [1.807, 2.05) is 0 Å². The summed E-state index contributed by atoms with van der Waals surface area (Å²) >= 11 is 0. The van der Waals surface area contributed by atoms with Gasteiger partial charge in [-0.3, -0.25) is 0 Å². The number of unbranched alkanes of at least 4 members (excludes halogenated alkanes) is 10. The van der Waals surface area contributed by atoms with Crippen LogP contribution in [0, 0.1) is 0 Å². The van der Waals surface area contributed by atoms with E-state index in [1.54, 1.807) is 0 Å². The van der Waals surface area contributed by atoms with Gasteiger partial charge in [0, 0.05) is 11.6 Å².